The van der Waals surface area contributed by atoms with Crippen LogP contribution in [0.4, 0.5) is 0 Å². The smallest absolute Gasteiger partial charge is 0.0777 e. The Balaban J connectivity index is 1.23. The van der Waals surface area contributed by atoms with E-state index in [-0.39, 0.29) is 11.8 Å². The molecular weight excluding hydrogens is 591 g/mol. The minimum atomic E-state index is 0.248. The molecular formula is C48H37N. The third-order valence-electron chi connectivity index (χ3n) is 10.6. The third kappa shape index (κ3) is 5.14. The lowest BCUT2D eigenvalue weighted by molar-refractivity contribution is 0.680. The number of nitrogens with zero attached hydrogens (tertiary/aromatic N) is 1. The molecule has 1 aromatic heterocycles. The van der Waals surface area contributed by atoms with E-state index in [1.165, 1.54) is 71.3 Å². The molecule has 0 N–H and O–H groups in total. The SMILES string of the molecule is Cc1ccc(-c2cccc3c(C4=c5ccccc5=C(C5=CC=C(c6cccnc6-c6ccccc6)CC5)C5C=CC=CC45)cccc23)cc1. The fourth-order valence-electron chi connectivity index (χ4n) is 8.29. The van der Waals surface area contributed by atoms with Crippen molar-refractivity contribution in [3.63, 3.8) is 0 Å². The molecule has 9 rings (SSSR count). The average molecular weight is 628 g/mol. The maximum Gasteiger partial charge on any atom is 0.0777 e. The standard InChI is InChI=1S/C48H37N/c1-32-23-25-33(26-24-32)37-18-9-20-40-39(37)19-10-21-41(40)47-44-16-7-5-14-42(44)46(43-15-6-8-17-45(43)47)35-29-27-34(28-30-35)38-22-11-31-49-48(38)36-12-3-2-4-13-36/h2-27,29,31,42,44H,28,30H2,1H3. The van der Waals surface area contributed by atoms with Gasteiger partial charge in [-0.3, -0.25) is 4.98 Å². The summed E-state index contributed by atoms with van der Waals surface area (Å²) in [5, 5.41) is 5.32. The summed E-state index contributed by atoms with van der Waals surface area (Å²) < 4.78 is 0. The van der Waals surface area contributed by atoms with Gasteiger partial charge in [-0.25, -0.2) is 0 Å². The van der Waals surface area contributed by atoms with Crippen molar-refractivity contribution in [2.75, 3.05) is 0 Å². The summed E-state index contributed by atoms with van der Waals surface area (Å²) in [6, 6.07) is 46.6. The normalized spacial score (nSPS) is 18.1. The zero-order valence-electron chi connectivity index (χ0n) is 27.7. The number of pyridine rings is 1. The van der Waals surface area contributed by atoms with Gasteiger partial charge in [0, 0.05) is 29.2 Å². The summed E-state index contributed by atoms with van der Waals surface area (Å²) in [6.45, 7) is 2.15. The van der Waals surface area contributed by atoms with Crippen LogP contribution in [-0.4, -0.2) is 4.98 Å². The summed E-state index contributed by atoms with van der Waals surface area (Å²) in [7, 11) is 0. The molecule has 0 saturated heterocycles. The maximum atomic E-state index is 4.82. The number of aryl methyl sites for hydroxylation is 1. The lowest BCUT2D eigenvalue weighted by Crippen LogP contribution is -2.40. The molecule has 0 spiro atoms. The molecule has 2 atom stereocenters. The highest BCUT2D eigenvalue weighted by atomic mass is 14.7. The molecule has 6 aromatic rings. The van der Waals surface area contributed by atoms with Crippen LogP contribution < -0.4 is 10.4 Å². The van der Waals surface area contributed by atoms with Crippen molar-refractivity contribution in [2.45, 2.75) is 19.8 Å². The Morgan fingerprint density at radius 2 is 1.10 bits per heavy atom. The van der Waals surface area contributed by atoms with Crippen LogP contribution in [0.2, 0.25) is 0 Å². The Hall–Kier alpha value is -5.79. The number of fused-ring (bicyclic) bond motifs is 3. The van der Waals surface area contributed by atoms with Gasteiger partial charge < -0.3 is 0 Å². The lowest BCUT2D eigenvalue weighted by atomic mass is 9.68. The summed E-state index contributed by atoms with van der Waals surface area (Å²) >= 11 is 0. The van der Waals surface area contributed by atoms with Gasteiger partial charge in [0.05, 0.1) is 5.69 Å². The van der Waals surface area contributed by atoms with E-state index in [0.717, 1.165) is 24.1 Å². The summed E-state index contributed by atoms with van der Waals surface area (Å²) in [4.78, 5) is 4.82. The van der Waals surface area contributed by atoms with Crippen LogP contribution >= 0.6 is 0 Å². The molecule has 2 unspecified atom stereocenters. The quantitative estimate of drug-likeness (QED) is 0.185. The highest BCUT2D eigenvalue weighted by molar-refractivity contribution is 6.03. The van der Waals surface area contributed by atoms with Crippen LogP contribution in [0, 0.1) is 18.8 Å². The molecule has 3 aliphatic carbocycles. The van der Waals surface area contributed by atoms with E-state index in [0.29, 0.717) is 0 Å². The summed E-state index contributed by atoms with van der Waals surface area (Å²) in [5.74, 6) is 0.516. The molecule has 0 fully saturated rings. The van der Waals surface area contributed by atoms with E-state index in [1.54, 1.807) is 0 Å². The minimum absolute atomic E-state index is 0.248. The molecule has 1 heteroatoms. The minimum Gasteiger partial charge on any atom is -0.256 e. The highest BCUT2D eigenvalue weighted by Gasteiger charge is 2.33. The van der Waals surface area contributed by atoms with Gasteiger partial charge in [0.25, 0.3) is 0 Å². The Morgan fingerprint density at radius 1 is 0.490 bits per heavy atom. The molecule has 1 heterocycles. The first-order valence-electron chi connectivity index (χ1n) is 17.4. The molecule has 3 aliphatic rings. The first-order valence-corrected chi connectivity index (χ1v) is 17.4. The van der Waals surface area contributed by atoms with Crippen LogP contribution in [0.5, 0.6) is 0 Å². The van der Waals surface area contributed by atoms with Crippen molar-refractivity contribution in [2.24, 2.45) is 11.8 Å². The predicted octanol–water partition coefficient (Wildman–Crippen LogP) is 10.4. The summed E-state index contributed by atoms with van der Waals surface area (Å²) in [5.41, 5.74) is 14.3. The lowest BCUT2D eigenvalue weighted by Gasteiger charge is -2.35. The van der Waals surface area contributed by atoms with E-state index >= 15 is 0 Å². The second kappa shape index (κ2) is 12.3. The second-order valence-electron chi connectivity index (χ2n) is 13.4. The second-order valence-corrected chi connectivity index (χ2v) is 13.4. The van der Waals surface area contributed by atoms with E-state index < -0.39 is 0 Å². The highest BCUT2D eigenvalue weighted by Crippen LogP contribution is 2.45. The molecule has 0 aliphatic heterocycles. The predicted molar refractivity (Wildman–Crippen MR) is 206 cm³/mol. The van der Waals surface area contributed by atoms with Crippen LogP contribution in [0.1, 0.15) is 29.5 Å². The fraction of sp³-hybridized carbons (Fsp3) is 0.104. The van der Waals surface area contributed by atoms with Gasteiger partial charge >= 0.3 is 0 Å². The zero-order valence-corrected chi connectivity index (χ0v) is 27.7. The summed E-state index contributed by atoms with van der Waals surface area (Å²) in [6.07, 6.45) is 18.0. The number of rotatable bonds is 5. The van der Waals surface area contributed by atoms with Crippen molar-refractivity contribution >= 4 is 27.5 Å². The number of hydrogen-bond donors (Lipinski definition) is 0. The number of allylic oxidation sites excluding steroid dienone is 8. The van der Waals surface area contributed by atoms with Crippen molar-refractivity contribution in [3.05, 3.63) is 203 Å². The molecule has 0 bridgehead atoms. The van der Waals surface area contributed by atoms with E-state index in [9.17, 15) is 0 Å². The molecule has 0 radical (unpaired) electrons. The van der Waals surface area contributed by atoms with Gasteiger partial charge in [-0.05, 0) is 86.0 Å². The first-order chi connectivity index (χ1) is 24.2. The van der Waals surface area contributed by atoms with Gasteiger partial charge in [-0.2, -0.15) is 0 Å². The fourth-order valence-corrected chi connectivity index (χ4v) is 8.29. The van der Waals surface area contributed by atoms with Gasteiger partial charge in [0.2, 0.25) is 0 Å². The molecule has 0 saturated carbocycles. The molecule has 5 aromatic carbocycles. The van der Waals surface area contributed by atoms with Crippen LogP contribution in [0.15, 0.2) is 176 Å². The average Bonchev–Trinajstić information content (AvgIpc) is 3.17. The van der Waals surface area contributed by atoms with Gasteiger partial charge in [-0.1, -0.05) is 163 Å². The molecule has 49 heavy (non-hydrogen) atoms. The van der Waals surface area contributed by atoms with Crippen molar-refractivity contribution in [1.29, 1.82) is 0 Å². The Labute approximate surface area is 288 Å². The number of benzene rings is 5. The largest absolute Gasteiger partial charge is 0.256 e. The van der Waals surface area contributed by atoms with Gasteiger partial charge in [0.15, 0.2) is 0 Å². The zero-order chi connectivity index (χ0) is 32.7. The monoisotopic (exact) mass is 627 g/mol. The molecule has 0 amide bonds. The van der Waals surface area contributed by atoms with Crippen LogP contribution in [0.25, 0.3) is 49.9 Å². The molecule has 234 valence electrons. The van der Waals surface area contributed by atoms with Crippen LogP contribution in [0.3, 0.4) is 0 Å². The third-order valence-corrected chi connectivity index (χ3v) is 10.6. The number of aromatic nitrogens is 1. The number of hydrogen-bond acceptors (Lipinski definition) is 1. The van der Waals surface area contributed by atoms with Crippen LogP contribution in [-0.2, 0) is 0 Å². The topological polar surface area (TPSA) is 12.9 Å². The van der Waals surface area contributed by atoms with E-state index in [2.05, 4.69) is 171 Å². The van der Waals surface area contributed by atoms with E-state index in [1.807, 2.05) is 6.20 Å². The van der Waals surface area contributed by atoms with Gasteiger partial charge in [0.1, 0.15) is 0 Å². The Bertz CT molecular complexity index is 2490. The van der Waals surface area contributed by atoms with Crippen molar-refractivity contribution in [1.82, 2.24) is 4.98 Å². The Morgan fingerprint density at radius 3 is 1.84 bits per heavy atom. The maximum absolute atomic E-state index is 4.82. The Kier molecular flexibility index (Phi) is 7.39. The van der Waals surface area contributed by atoms with Gasteiger partial charge in [-0.15, -0.1) is 0 Å². The van der Waals surface area contributed by atoms with E-state index in [4.69, 9.17) is 4.98 Å². The van der Waals surface area contributed by atoms with Crippen molar-refractivity contribution < 1.29 is 0 Å². The van der Waals surface area contributed by atoms with Crippen molar-refractivity contribution in [3.8, 4) is 22.4 Å². The first kappa shape index (κ1) is 29.4. The molecule has 1 nitrogen and oxygen atoms in total.